The smallest absolute Gasteiger partial charge is 0.160 e. The van der Waals surface area contributed by atoms with Gasteiger partial charge in [0.15, 0.2) is 5.58 Å². The van der Waals surface area contributed by atoms with E-state index in [1.54, 1.807) is 0 Å². The molecule has 1 aliphatic rings. The number of aromatic nitrogens is 1. The molecule has 3 aromatic heterocycles. The van der Waals surface area contributed by atoms with E-state index >= 15 is 0 Å². The predicted molar refractivity (Wildman–Crippen MR) is 267 cm³/mol. The first-order valence-corrected chi connectivity index (χ1v) is 22.3. The van der Waals surface area contributed by atoms with Crippen LogP contribution in [-0.2, 0) is 5.41 Å². The molecule has 14 rings (SSSR count). The number of anilines is 3. The molecule has 10 aromatic carbocycles. The summed E-state index contributed by atoms with van der Waals surface area (Å²) < 4.78 is 16.4. The van der Waals surface area contributed by atoms with Gasteiger partial charge < -0.3 is 18.3 Å². The molecule has 0 saturated carbocycles. The number of para-hydroxylation sites is 5. The molecular weight excluding hydrogens is 793 g/mol. The summed E-state index contributed by atoms with van der Waals surface area (Å²) >= 11 is 0. The third-order valence-electron chi connectivity index (χ3n) is 13.8. The molecule has 0 bridgehead atoms. The van der Waals surface area contributed by atoms with Crippen LogP contribution in [0.15, 0.2) is 239 Å². The van der Waals surface area contributed by atoms with Crippen molar-refractivity contribution in [2.75, 3.05) is 4.90 Å². The average Bonchev–Trinajstić information content (AvgIpc) is 4.12. The Morgan fingerprint density at radius 1 is 0.369 bits per heavy atom. The van der Waals surface area contributed by atoms with Crippen LogP contribution in [0.3, 0.4) is 0 Å². The molecule has 0 spiro atoms. The van der Waals surface area contributed by atoms with E-state index in [0.717, 1.165) is 83.0 Å². The van der Waals surface area contributed by atoms with Crippen LogP contribution in [0, 0.1) is 0 Å². The fourth-order valence-electron chi connectivity index (χ4n) is 11.3. The van der Waals surface area contributed by atoms with E-state index in [4.69, 9.17) is 8.83 Å². The molecule has 0 N–H and O–H groups in total. The molecule has 0 aliphatic heterocycles. The zero-order chi connectivity index (χ0) is 42.6. The molecule has 0 fully saturated rings. The van der Waals surface area contributed by atoms with Crippen LogP contribution in [0.5, 0.6) is 0 Å². The van der Waals surface area contributed by atoms with Gasteiger partial charge in [0.25, 0.3) is 0 Å². The quantitative estimate of drug-likeness (QED) is 0.167. The first kappa shape index (κ1) is 35.9. The number of rotatable bonds is 6. The normalized spacial score (nSPS) is 13.0. The fraction of sp³-hybridized carbons (Fsp3) is 0.0164. The molecule has 0 radical (unpaired) electrons. The lowest BCUT2D eigenvalue weighted by Gasteiger charge is -2.35. The molecule has 4 nitrogen and oxygen atoms in total. The van der Waals surface area contributed by atoms with E-state index in [1.807, 2.05) is 0 Å². The Morgan fingerprint density at radius 3 is 1.63 bits per heavy atom. The van der Waals surface area contributed by atoms with Crippen LogP contribution >= 0.6 is 0 Å². The van der Waals surface area contributed by atoms with Crippen molar-refractivity contribution < 1.29 is 8.83 Å². The second-order valence-corrected chi connectivity index (χ2v) is 17.1. The Kier molecular flexibility index (Phi) is 7.57. The summed E-state index contributed by atoms with van der Waals surface area (Å²) in [5.74, 6) is 0. The Bertz CT molecular complexity index is 3960. The van der Waals surface area contributed by atoms with Crippen LogP contribution in [-0.4, -0.2) is 4.57 Å². The molecule has 0 unspecified atom stereocenters. The summed E-state index contributed by atoms with van der Waals surface area (Å²) in [6, 6.07) is 83.1. The van der Waals surface area contributed by atoms with Gasteiger partial charge in [-0.2, -0.15) is 0 Å². The van der Waals surface area contributed by atoms with Crippen molar-refractivity contribution in [3.05, 3.63) is 253 Å². The van der Waals surface area contributed by atoms with Crippen LogP contribution in [0.25, 0.3) is 82.5 Å². The van der Waals surface area contributed by atoms with Gasteiger partial charge in [0.1, 0.15) is 16.7 Å². The van der Waals surface area contributed by atoms with Gasteiger partial charge in [-0.15, -0.1) is 0 Å². The number of fused-ring (bicyclic) bond motifs is 14. The summed E-state index contributed by atoms with van der Waals surface area (Å²) in [7, 11) is 0. The molecular formula is C61H38N2O2. The number of benzene rings is 10. The largest absolute Gasteiger partial charge is 0.456 e. The average molecular weight is 831 g/mol. The molecule has 65 heavy (non-hydrogen) atoms. The van der Waals surface area contributed by atoms with Crippen LogP contribution in [0.4, 0.5) is 17.1 Å². The highest BCUT2D eigenvalue weighted by molar-refractivity contribution is 6.26. The van der Waals surface area contributed by atoms with E-state index in [1.165, 1.54) is 38.8 Å². The number of hydrogen-bond donors (Lipinski definition) is 0. The van der Waals surface area contributed by atoms with Crippen molar-refractivity contribution in [2.45, 2.75) is 5.41 Å². The van der Waals surface area contributed by atoms with E-state index < -0.39 is 5.41 Å². The Morgan fingerprint density at radius 2 is 0.923 bits per heavy atom. The predicted octanol–water partition coefficient (Wildman–Crippen LogP) is 16.4. The molecule has 0 atom stereocenters. The summed E-state index contributed by atoms with van der Waals surface area (Å²) in [4.78, 5) is 2.45. The molecule has 13 aromatic rings. The lowest BCUT2D eigenvalue weighted by Crippen LogP contribution is -2.28. The Labute approximate surface area is 374 Å². The lowest BCUT2D eigenvalue weighted by molar-refractivity contribution is 0.668. The highest BCUT2D eigenvalue weighted by atomic mass is 16.3. The SMILES string of the molecule is c1ccc(N(c2cc3c(c4c2oc2ccccc24)-c2c(ccc4oc5ccccc5c24)C3(c2ccccc2)c2ccccc2)c2cccc3c2c2ccccc2n3-c2ccccc2)cc1. The molecule has 0 amide bonds. The lowest BCUT2D eigenvalue weighted by atomic mass is 9.67. The standard InChI is InChI=1S/C61H38N2O2/c1-5-20-39(21-6-1)61(40-22-7-2-8-23-40)46-36-37-54-56(44-29-14-17-34-52(44)64-54)58(46)59-47(61)38-51(60-57(59)45-30-15-18-35-53(45)65-60)63(42-26-11-4-12-27-42)50-33-19-32-49-55(50)43-28-13-16-31-48(43)62(49)41-24-9-3-10-25-41/h1-38H. The Balaban J connectivity index is 1.20. The van der Waals surface area contributed by atoms with Gasteiger partial charge in [0.05, 0.1) is 27.8 Å². The topological polar surface area (TPSA) is 34.5 Å². The van der Waals surface area contributed by atoms with Gasteiger partial charge >= 0.3 is 0 Å². The fourth-order valence-corrected chi connectivity index (χ4v) is 11.3. The van der Waals surface area contributed by atoms with Gasteiger partial charge in [-0.1, -0.05) is 164 Å². The van der Waals surface area contributed by atoms with E-state index in [-0.39, 0.29) is 0 Å². The van der Waals surface area contributed by atoms with Gasteiger partial charge in [-0.25, -0.2) is 0 Å². The van der Waals surface area contributed by atoms with Crippen molar-refractivity contribution >= 4 is 82.7 Å². The summed E-state index contributed by atoms with van der Waals surface area (Å²) in [5.41, 5.74) is 16.3. The van der Waals surface area contributed by atoms with Crippen molar-refractivity contribution in [3.8, 4) is 16.8 Å². The third-order valence-corrected chi connectivity index (χ3v) is 13.8. The van der Waals surface area contributed by atoms with Gasteiger partial charge in [0.2, 0.25) is 0 Å². The first-order chi connectivity index (χ1) is 32.3. The van der Waals surface area contributed by atoms with Gasteiger partial charge in [-0.3, -0.25) is 0 Å². The van der Waals surface area contributed by atoms with Crippen LogP contribution < -0.4 is 4.90 Å². The zero-order valence-electron chi connectivity index (χ0n) is 35.2. The number of furan rings is 2. The van der Waals surface area contributed by atoms with E-state index in [9.17, 15) is 0 Å². The van der Waals surface area contributed by atoms with Crippen molar-refractivity contribution in [1.82, 2.24) is 4.57 Å². The minimum absolute atomic E-state index is 0.723. The van der Waals surface area contributed by atoms with Crippen molar-refractivity contribution in [2.24, 2.45) is 0 Å². The molecule has 0 saturated heterocycles. The third kappa shape index (κ3) is 4.91. The minimum atomic E-state index is -0.723. The maximum atomic E-state index is 7.31. The maximum absolute atomic E-state index is 7.31. The first-order valence-electron chi connectivity index (χ1n) is 22.3. The molecule has 304 valence electrons. The van der Waals surface area contributed by atoms with E-state index in [0.29, 0.717) is 0 Å². The second-order valence-electron chi connectivity index (χ2n) is 17.1. The van der Waals surface area contributed by atoms with Crippen LogP contribution in [0.2, 0.25) is 0 Å². The van der Waals surface area contributed by atoms with Gasteiger partial charge in [-0.05, 0) is 100 Å². The second kappa shape index (κ2) is 13.7. The molecule has 4 heteroatoms. The monoisotopic (exact) mass is 830 g/mol. The van der Waals surface area contributed by atoms with Crippen molar-refractivity contribution in [3.63, 3.8) is 0 Å². The summed E-state index contributed by atoms with van der Waals surface area (Å²) in [5, 5.41) is 6.70. The maximum Gasteiger partial charge on any atom is 0.160 e. The minimum Gasteiger partial charge on any atom is -0.456 e. The highest BCUT2D eigenvalue weighted by Crippen LogP contribution is 2.63. The zero-order valence-corrected chi connectivity index (χ0v) is 35.2. The summed E-state index contributed by atoms with van der Waals surface area (Å²) in [6.07, 6.45) is 0. The molecule has 3 heterocycles. The van der Waals surface area contributed by atoms with Crippen molar-refractivity contribution in [1.29, 1.82) is 0 Å². The highest BCUT2D eigenvalue weighted by Gasteiger charge is 2.49. The van der Waals surface area contributed by atoms with Gasteiger partial charge in [0, 0.05) is 43.7 Å². The van der Waals surface area contributed by atoms with Crippen LogP contribution in [0.1, 0.15) is 22.3 Å². The number of nitrogens with zero attached hydrogens (tertiary/aromatic N) is 2. The van der Waals surface area contributed by atoms with E-state index in [2.05, 4.69) is 240 Å². The Hall–Kier alpha value is -8.60. The summed E-state index contributed by atoms with van der Waals surface area (Å²) in [6.45, 7) is 0. The number of hydrogen-bond acceptors (Lipinski definition) is 3. The molecule has 1 aliphatic carbocycles.